The maximum absolute atomic E-state index is 12.2. The Labute approximate surface area is 121 Å². The normalized spacial score (nSPS) is 10.9. The molecule has 0 bridgehead atoms. The molecule has 0 saturated heterocycles. The summed E-state index contributed by atoms with van der Waals surface area (Å²) in [4.78, 5) is 35.2. The maximum Gasteiger partial charge on any atom is 0.420 e. The average Bonchev–Trinajstić information content (AvgIpc) is 3.06. The second-order valence-electron chi connectivity index (χ2n) is 4.34. The third-order valence-electron chi connectivity index (χ3n) is 2.97. The molecule has 2 heterocycles. The molecule has 0 saturated carbocycles. The predicted octanol–water partition coefficient (Wildman–Crippen LogP) is 1.97. The number of oxazole rings is 1. The molecule has 0 aliphatic heterocycles. The van der Waals surface area contributed by atoms with Gasteiger partial charge in [0.05, 0.1) is 10.4 Å². The zero-order valence-corrected chi connectivity index (χ0v) is 11.4. The summed E-state index contributed by atoms with van der Waals surface area (Å²) in [6.45, 7) is -0.482. The molecular formula is C14H9NO5S. The van der Waals surface area contributed by atoms with Crippen LogP contribution in [0.5, 0.6) is 0 Å². The molecule has 0 fully saturated rings. The van der Waals surface area contributed by atoms with Crippen LogP contribution in [0, 0.1) is 0 Å². The highest BCUT2D eigenvalue weighted by Gasteiger charge is 2.16. The Kier molecular flexibility index (Phi) is 3.19. The van der Waals surface area contributed by atoms with Crippen molar-refractivity contribution in [3.63, 3.8) is 0 Å². The van der Waals surface area contributed by atoms with Crippen molar-refractivity contribution in [3.8, 4) is 0 Å². The number of carboxylic acids is 1. The van der Waals surface area contributed by atoms with Gasteiger partial charge in [-0.3, -0.25) is 14.2 Å². The fourth-order valence-electron chi connectivity index (χ4n) is 2.04. The number of hydrogen-bond acceptors (Lipinski definition) is 5. The Bertz CT molecular complexity index is 888. The molecule has 106 valence electrons. The van der Waals surface area contributed by atoms with E-state index in [1.807, 2.05) is 0 Å². The van der Waals surface area contributed by atoms with Crippen molar-refractivity contribution >= 4 is 34.2 Å². The summed E-state index contributed by atoms with van der Waals surface area (Å²) in [6, 6.07) is 8.02. The predicted molar refractivity (Wildman–Crippen MR) is 75.9 cm³/mol. The van der Waals surface area contributed by atoms with Gasteiger partial charge in [-0.2, -0.15) is 0 Å². The van der Waals surface area contributed by atoms with Crippen LogP contribution in [0.4, 0.5) is 0 Å². The van der Waals surface area contributed by atoms with Crippen molar-refractivity contribution in [3.05, 3.63) is 56.7 Å². The third-order valence-corrected chi connectivity index (χ3v) is 3.84. The summed E-state index contributed by atoms with van der Waals surface area (Å²) in [7, 11) is 0. The van der Waals surface area contributed by atoms with Gasteiger partial charge in [-0.1, -0.05) is 6.07 Å². The van der Waals surface area contributed by atoms with Crippen molar-refractivity contribution in [1.82, 2.24) is 4.57 Å². The van der Waals surface area contributed by atoms with Gasteiger partial charge in [-0.25, -0.2) is 4.79 Å². The first-order valence-electron chi connectivity index (χ1n) is 5.99. The summed E-state index contributed by atoms with van der Waals surface area (Å²) in [6.07, 6.45) is 0. The zero-order valence-electron chi connectivity index (χ0n) is 10.6. The minimum atomic E-state index is -1.14. The number of carboxylic acid groups (broad SMARTS) is 1. The number of aromatic nitrogens is 1. The first-order valence-corrected chi connectivity index (χ1v) is 6.87. The van der Waals surface area contributed by atoms with Gasteiger partial charge < -0.3 is 9.52 Å². The van der Waals surface area contributed by atoms with Crippen LogP contribution in [0.1, 0.15) is 15.2 Å². The van der Waals surface area contributed by atoms with E-state index in [1.165, 1.54) is 23.5 Å². The molecule has 1 N–H and O–H groups in total. The van der Waals surface area contributed by atoms with Crippen molar-refractivity contribution in [2.75, 3.05) is 0 Å². The van der Waals surface area contributed by atoms with Crippen LogP contribution in [-0.4, -0.2) is 21.4 Å². The summed E-state index contributed by atoms with van der Waals surface area (Å²) in [5, 5.41) is 10.6. The second kappa shape index (κ2) is 5.02. The first-order chi connectivity index (χ1) is 10.1. The molecule has 0 unspecified atom stereocenters. The molecular weight excluding hydrogens is 294 g/mol. The maximum atomic E-state index is 12.2. The van der Waals surface area contributed by atoms with Crippen molar-refractivity contribution in [2.24, 2.45) is 0 Å². The van der Waals surface area contributed by atoms with E-state index in [-0.39, 0.29) is 11.4 Å². The quantitative estimate of drug-likeness (QED) is 0.744. The van der Waals surface area contributed by atoms with E-state index in [4.69, 9.17) is 9.52 Å². The van der Waals surface area contributed by atoms with Gasteiger partial charge in [-0.05, 0) is 29.6 Å². The van der Waals surface area contributed by atoms with E-state index in [2.05, 4.69) is 0 Å². The lowest BCUT2D eigenvalue weighted by Gasteiger charge is -1.99. The number of aliphatic carboxylic acids is 1. The highest BCUT2D eigenvalue weighted by Crippen LogP contribution is 2.20. The highest BCUT2D eigenvalue weighted by molar-refractivity contribution is 7.12. The van der Waals surface area contributed by atoms with E-state index in [9.17, 15) is 14.4 Å². The summed E-state index contributed by atoms with van der Waals surface area (Å²) in [5.41, 5.74) is 0.940. The second-order valence-corrected chi connectivity index (χ2v) is 5.28. The minimum Gasteiger partial charge on any atom is -0.480 e. The fraction of sp³-hybridized carbons (Fsp3) is 0.0714. The monoisotopic (exact) mass is 303 g/mol. The smallest absolute Gasteiger partial charge is 0.420 e. The number of hydrogen-bond donors (Lipinski definition) is 1. The third kappa shape index (κ3) is 2.38. The molecule has 21 heavy (non-hydrogen) atoms. The van der Waals surface area contributed by atoms with Gasteiger partial charge in [0, 0.05) is 5.56 Å². The standard InChI is InChI=1S/C14H9NO5S/c16-12(17)7-15-9-4-3-8(6-10(9)20-14(15)19)13(18)11-2-1-5-21-11/h1-6H,7H2,(H,16,17). The van der Waals surface area contributed by atoms with E-state index in [1.54, 1.807) is 23.6 Å². The first kappa shape index (κ1) is 13.3. The number of rotatable bonds is 4. The van der Waals surface area contributed by atoms with E-state index < -0.39 is 18.3 Å². The molecule has 0 radical (unpaired) electrons. The topological polar surface area (TPSA) is 89.5 Å². The Morgan fingerprint density at radius 2 is 2.10 bits per heavy atom. The van der Waals surface area contributed by atoms with Crippen LogP contribution < -0.4 is 5.76 Å². The summed E-state index contributed by atoms with van der Waals surface area (Å²) >= 11 is 1.32. The number of fused-ring (bicyclic) bond motifs is 1. The van der Waals surface area contributed by atoms with Crippen molar-refractivity contribution in [1.29, 1.82) is 0 Å². The molecule has 0 aliphatic carbocycles. The Balaban J connectivity index is 2.08. The average molecular weight is 303 g/mol. The van der Waals surface area contributed by atoms with Crippen molar-refractivity contribution in [2.45, 2.75) is 6.54 Å². The van der Waals surface area contributed by atoms with E-state index in [0.29, 0.717) is 16.0 Å². The lowest BCUT2D eigenvalue weighted by molar-refractivity contribution is -0.137. The number of carbonyl (C=O) groups excluding carboxylic acids is 1. The largest absolute Gasteiger partial charge is 0.480 e. The number of ketones is 1. The molecule has 0 amide bonds. The van der Waals surface area contributed by atoms with Gasteiger partial charge in [0.25, 0.3) is 0 Å². The zero-order chi connectivity index (χ0) is 15.0. The molecule has 6 nitrogen and oxygen atoms in total. The molecule has 3 rings (SSSR count). The van der Waals surface area contributed by atoms with E-state index >= 15 is 0 Å². The van der Waals surface area contributed by atoms with Gasteiger partial charge in [-0.15, -0.1) is 11.3 Å². The van der Waals surface area contributed by atoms with Crippen LogP contribution in [-0.2, 0) is 11.3 Å². The van der Waals surface area contributed by atoms with Crippen LogP contribution in [0.15, 0.2) is 44.9 Å². The molecule has 0 spiro atoms. The number of thiophene rings is 1. The van der Waals surface area contributed by atoms with Gasteiger partial charge in [0.2, 0.25) is 5.78 Å². The molecule has 3 aromatic rings. The Morgan fingerprint density at radius 1 is 1.29 bits per heavy atom. The van der Waals surface area contributed by atoms with Gasteiger partial charge in [0.15, 0.2) is 5.58 Å². The number of benzene rings is 1. The lowest BCUT2D eigenvalue weighted by Crippen LogP contribution is -2.19. The summed E-state index contributed by atoms with van der Waals surface area (Å²) < 4.78 is 6.01. The SMILES string of the molecule is O=C(O)Cn1c(=O)oc2cc(C(=O)c3cccs3)ccc21. The van der Waals surface area contributed by atoms with Crippen LogP contribution in [0.3, 0.4) is 0 Å². The number of nitrogens with zero attached hydrogens (tertiary/aromatic N) is 1. The van der Waals surface area contributed by atoms with Gasteiger partial charge >= 0.3 is 11.7 Å². The van der Waals surface area contributed by atoms with E-state index in [0.717, 1.165) is 4.57 Å². The van der Waals surface area contributed by atoms with Gasteiger partial charge in [0.1, 0.15) is 6.54 Å². The molecule has 0 aliphatic rings. The number of carbonyl (C=O) groups is 2. The Hall–Kier alpha value is -2.67. The molecule has 1 aromatic carbocycles. The fourth-order valence-corrected chi connectivity index (χ4v) is 2.73. The molecule has 0 atom stereocenters. The van der Waals surface area contributed by atoms with Crippen LogP contribution in [0.25, 0.3) is 11.1 Å². The minimum absolute atomic E-state index is 0.166. The molecule has 7 heteroatoms. The summed E-state index contributed by atoms with van der Waals surface area (Å²) in [5.74, 6) is -2.06. The van der Waals surface area contributed by atoms with Crippen molar-refractivity contribution < 1.29 is 19.1 Å². The van der Waals surface area contributed by atoms with Crippen LogP contribution in [0.2, 0.25) is 0 Å². The Morgan fingerprint density at radius 3 is 2.76 bits per heavy atom. The lowest BCUT2D eigenvalue weighted by atomic mass is 10.1. The van der Waals surface area contributed by atoms with Crippen LogP contribution >= 0.6 is 11.3 Å². The highest BCUT2D eigenvalue weighted by atomic mass is 32.1. The molecule has 2 aromatic heterocycles.